The van der Waals surface area contributed by atoms with Crippen LogP contribution < -0.4 is 10.6 Å². The van der Waals surface area contributed by atoms with Gasteiger partial charge in [-0.2, -0.15) is 0 Å². The van der Waals surface area contributed by atoms with Crippen molar-refractivity contribution in [1.82, 2.24) is 10.6 Å². The first-order valence-electron chi connectivity index (χ1n) is 5.59. The lowest BCUT2D eigenvalue weighted by atomic mass is 10.2. The monoisotopic (exact) mass is 238 g/mol. The fourth-order valence-corrected chi connectivity index (χ4v) is 1.52. The minimum Gasteiger partial charge on any atom is -0.469 e. The summed E-state index contributed by atoms with van der Waals surface area (Å²) in [6.45, 7) is 4.92. The van der Waals surface area contributed by atoms with Gasteiger partial charge >= 0.3 is 0 Å². The second-order valence-corrected chi connectivity index (χ2v) is 4.12. The molecular formula is C12H18N2O3. The lowest BCUT2D eigenvalue weighted by Crippen LogP contribution is -2.47. The molecule has 0 saturated heterocycles. The summed E-state index contributed by atoms with van der Waals surface area (Å²) in [5, 5.41) is 5.34. The Morgan fingerprint density at radius 1 is 1.35 bits per heavy atom. The summed E-state index contributed by atoms with van der Waals surface area (Å²) in [7, 11) is 0. The Morgan fingerprint density at radius 3 is 2.59 bits per heavy atom. The molecule has 1 rings (SSSR count). The average molecular weight is 238 g/mol. The van der Waals surface area contributed by atoms with Crippen LogP contribution in [0.15, 0.2) is 22.8 Å². The molecule has 0 bridgehead atoms. The third-order valence-corrected chi connectivity index (χ3v) is 2.29. The van der Waals surface area contributed by atoms with Crippen LogP contribution in [-0.4, -0.2) is 23.9 Å². The Morgan fingerprint density at radius 2 is 2.06 bits per heavy atom. The molecule has 0 saturated carbocycles. The predicted molar refractivity (Wildman–Crippen MR) is 63.3 cm³/mol. The minimum absolute atomic E-state index is 0.0372. The second kappa shape index (κ2) is 6.08. The van der Waals surface area contributed by atoms with Gasteiger partial charge in [0.25, 0.3) is 0 Å². The second-order valence-electron chi connectivity index (χ2n) is 4.12. The first-order chi connectivity index (χ1) is 7.99. The highest BCUT2D eigenvalue weighted by atomic mass is 16.3. The van der Waals surface area contributed by atoms with Gasteiger partial charge in [0.1, 0.15) is 11.8 Å². The summed E-state index contributed by atoms with van der Waals surface area (Å²) in [5.41, 5.74) is 0. The lowest BCUT2D eigenvalue weighted by Gasteiger charge is -2.17. The molecule has 5 heteroatoms. The molecule has 0 radical (unpaired) electrons. The molecule has 94 valence electrons. The van der Waals surface area contributed by atoms with Crippen molar-refractivity contribution in [2.45, 2.75) is 39.3 Å². The van der Waals surface area contributed by atoms with Crippen molar-refractivity contribution in [3.05, 3.63) is 24.2 Å². The van der Waals surface area contributed by atoms with Gasteiger partial charge in [0.15, 0.2) is 0 Å². The van der Waals surface area contributed by atoms with E-state index in [1.54, 1.807) is 13.2 Å². The predicted octanol–water partition coefficient (Wildman–Crippen LogP) is 0.851. The molecule has 2 N–H and O–H groups in total. The van der Waals surface area contributed by atoms with E-state index in [1.807, 2.05) is 19.1 Å². The topological polar surface area (TPSA) is 71.3 Å². The van der Waals surface area contributed by atoms with E-state index in [1.165, 1.54) is 6.92 Å². The van der Waals surface area contributed by atoms with Gasteiger partial charge in [-0.3, -0.25) is 9.59 Å². The number of carbonyl (C=O) groups excluding carboxylic acids is 2. The number of nitrogens with one attached hydrogen (secondary N) is 2. The van der Waals surface area contributed by atoms with Crippen LogP contribution >= 0.6 is 0 Å². The molecule has 1 aromatic rings. The van der Waals surface area contributed by atoms with Crippen LogP contribution in [0.4, 0.5) is 0 Å². The lowest BCUT2D eigenvalue weighted by molar-refractivity contribution is -0.128. The molecule has 17 heavy (non-hydrogen) atoms. The SMILES string of the molecule is CC(=O)N[C@@H](C)C(=O)N[C@H](C)Cc1ccco1. The van der Waals surface area contributed by atoms with Crippen LogP contribution in [0.1, 0.15) is 26.5 Å². The normalized spacial score (nSPS) is 13.8. The Hall–Kier alpha value is -1.78. The highest BCUT2D eigenvalue weighted by molar-refractivity contribution is 5.86. The van der Waals surface area contributed by atoms with Crippen LogP contribution in [0, 0.1) is 0 Å². The molecule has 0 aromatic carbocycles. The van der Waals surface area contributed by atoms with Crippen LogP contribution in [0.2, 0.25) is 0 Å². The number of amides is 2. The first kappa shape index (κ1) is 13.3. The molecule has 1 heterocycles. The van der Waals surface area contributed by atoms with Crippen molar-refractivity contribution in [3.63, 3.8) is 0 Å². The fourth-order valence-electron chi connectivity index (χ4n) is 1.52. The maximum Gasteiger partial charge on any atom is 0.242 e. The van der Waals surface area contributed by atoms with E-state index in [0.29, 0.717) is 6.42 Å². The highest BCUT2D eigenvalue weighted by Crippen LogP contribution is 2.03. The maximum absolute atomic E-state index is 11.7. The van der Waals surface area contributed by atoms with E-state index < -0.39 is 6.04 Å². The smallest absolute Gasteiger partial charge is 0.242 e. The van der Waals surface area contributed by atoms with Gasteiger partial charge in [0.05, 0.1) is 6.26 Å². The van der Waals surface area contributed by atoms with Gasteiger partial charge in [-0.1, -0.05) is 0 Å². The molecular weight excluding hydrogens is 220 g/mol. The van der Waals surface area contributed by atoms with Gasteiger partial charge in [0.2, 0.25) is 11.8 Å². The van der Waals surface area contributed by atoms with E-state index in [2.05, 4.69) is 10.6 Å². The van der Waals surface area contributed by atoms with Crippen molar-refractivity contribution < 1.29 is 14.0 Å². The Labute approximate surface area is 101 Å². The highest BCUT2D eigenvalue weighted by Gasteiger charge is 2.16. The van der Waals surface area contributed by atoms with Crippen molar-refractivity contribution in [2.24, 2.45) is 0 Å². The van der Waals surface area contributed by atoms with Crippen LogP contribution in [0.25, 0.3) is 0 Å². The molecule has 0 spiro atoms. The van der Waals surface area contributed by atoms with Crippen molar-refractivity contribution >= 4 is 11.8 Å². The summed E-state index contributed by atoms with van der Waals surface area (Å²) in [6, 6.07) is 3.11. The number of hydrogen-bond donors (Lipinski definition) is 2. The van der Waals surface area contributed by atoms with Crippen molar-refractivity contribution in [2.75, 3.05) is 0 Å². The van der Waals surface area contributed by atoms with E-state index >= 15 is 0 Å². The summed E-state index contributed by atoms with van der Waals surface area (Å²) in [5.74, 6) is 0.413. The first-order valence-corrected chi connectivity index (χ1v) is 5.59. The molecule has 0 aliphatic heterocycles. The standard InChI is InChI=1S/C12H18N2O3/c1-8(7-11-5-4-6-17-11)13-12(16)9(2)14-10(3)15/h4-6,8-9H,7H2,1-3H3,(H,13,16)(H,14,15)/t8-,9+/m1/s1. The third-order valence-electron chi connectivity index (χ3n) is 2.29. The number of carbonyl (C=O) groups is 2. The van der Waals surface area contributed by atoms with E-state index in [4.69, 9.17) is 4.42 Å². The summed E-state index contributed by atoms with van der Waals surface area (Å²) in [4.78, 5) is 22.5. The quantitative estimate of drug-likeness (QED) is 0.799. The van der Waals surface area contributed by atoms with E-state index in [-0.39, 0.29) is 17.9 Å². The van der Waals surface area contributed by atoms with Gasteiger partial charge in [-0.25, -0.2) is 0 Å². The average Bonchev–Trinajstić information content (AvgIpc) is 2.68. The number of hydrogen-bond acceptors (Lipinski definition) is 3. The Balaban J connectivity index is 2.37. The fraction of sp³-hybridized carbons (Fsp3) is 0.500. The van der Waals surface area contributed by atoms with Gasteiger partial charge in [-0.05, 0) is 26.0 Å². The summed E-state index contributed by atoms with van der Waals surface area (Å²) in [6.07, 6.45) is 2.23. The van der Waals surface area contributed by atoms with E-state index in [0.717, 1.165) is 5.76 Å². The van der Waals surface area contributed by atoms with E-state index in [9.17, 15) is 9.59 Å². The molecule has 0 aliphatic carbocycles. The molecule has 2 atom stereocenters. The molecule has 1 aromatic heterocycles. The zero-order valence-corrected chi connectivity index (χ0v) is 10.3. The van der Waals surface area contributed by atoms with Crippen molar-refractivity contribution in [3.8, 4) is 0 Å². The summed E-state index contributed by atoms with van der Waals surface area (Å²) >= 11 is 0. The molecule has 0 unspecified atom stereocenters. The molecule has 2 amide bonds. The van der Waals surface area contributed by atoms with Crippen molar-refractivity contribution in [1.29, 1.82) is 0 Å². The Kier molecular flexibility index (Phi) is 4.75. The van der Waals surface area contributed by atoms with Gasteiger partial charge in [0, 0.05) is 19.4 Å². The minimum atomic E-state index is -0.522. The van der Waals surface area contributed by atoms with Gasteiger partial charge < -0.3 is 15.1 Å². The maximum atomic E-state index is 11.7. The van der Waals surface area contributed by atoms with Gasteiger partial charge in [-0.15, -0.1) is 0 Å². The zero-order chi connectivity index (χ0) is 12.8. The largest absolute Gasteiger partial charge is 0.469 e. The van der Waals surface area contributed by atoms with Crippen LogP contribution in [0.3, 0.4) is 0 Å². The summed E-state index contributed by atoms with van der Waals surface area (Å²) < 4.78 is 5.19. The zero-order valence-electron chi connectivity index (χ0n) is 10.3. The number of rotatable bonds is 5. The molecule has 5 nitrogen and oxygen atoms in total. The van der Waals surface area contributed by atoms with Crippen LogP contribution in [0.5, 0.6) is 0 Å². The van der Waals surface area contributed by atoms with Crippen LogP contribution in [-0.2, 0) is 16.0 Å². The molecule has 0 aliphatic rings. The molecule has 0 fully saturated rings. The third kappa shape index (κ3) is 4.72. The Bertz CT molecular complexity index is 373. The number of furan rings is 1.